The van der Waals surface area contributed by atoms with Gasteiger partial charge in [-0.25, -0.2) is 32.0 Å². The SMILES string of the molecule is CN=S(=O)(Cc1cc(-c2cn(-c3ccc(Cl)cn3)nn2)ccc1F)C(C)(C)/C(N)=N\CF. The summed E-state index contributed by atoms with van der Waals surface area (Å²) in [5.74, 6) is -0.446. The Bertz CT molecular complexity index is 1270. The Morgan fingerprint density at radius 3 is 2.69 bits per heavy atom. The molecule has 1 unspecified atom stereocenters. The van der Waals surface area contributed by atoms with E-state index >= 15 is 0 Å². The van der Waals surface area contributed by atoms with Crippen LogP contribution in [0.3, 0.4) is 0 Å². The molecule has 1 aromatic carbocycles. The number of pyridine rings is 1. The van der Waals surface area contributed by atoms with E-state index in [-0.39, 0.29) is 17.2 Å². The average Bonchev–Trinajstić information content (AvgIpc) is 3.26. The molecule has 0 aliphatic rings. The van der Waals surface area contributed by atoms with Crippen molar-refractivity contribution in [2.45, 2.75) is 24.3 Å². The molecular formula is C20H22ClF2N7OS. The zero-order valence-electron chi connectivity index (χ0n) is 17.7. The van der Waals surface area contributed by atoms with Crippen LogP contribution in [0, 0.1) is 5.82 Å². The monoisotopic (exact) mass is 481 g/mol. The summed E-state index contributed by atoms with van der Waals surface area (Å²) in [5.41, 5.74) is 7.01. The number of nitrogens with zero attached hydrogens (tertiary/aromatic N) is 6. The van der Waals surface area contributed by atoms with Crippen LogP contribution in [0.15, 0.2) is 52.1 Å². The zero-order chi connectivity index (χ0) is 23.5. The maximum absolute atomic E-state index is 14.6. The van der Waals surface area contributed by atoms with E-state index in [0.717, 1.165) is 0 Å². The van der Waals surface area contributed by atoms with Gasteiger partial charge in [-0.3, -0.25) is 0 Å². The van der Waals surface area contributed by atoms with Gasteiger partial charge in [0, 0.05) is 24.4 Å². The molecule has 32 heavy (non-hydrogen) atoms. The lowest BCUT2D eigenvalue weighted by Gasteiger charge is -2.28. The quantitative estimate of drug-likeness (QED) is 0.313. The Labute approximate surface area is 189 Å². The summed E-state index contributed by atoms with van der Waals surface area (Å²) in [7, 11) is -1.78. The molecule has 0 saturated carbocycles. The van der Waals surface area contributed by atoms with Crippen molar-refractivity contribution in [1.29, 1.82) is 0 Å². The third kappa shape index (κ3) is 4.63. The number of nitrogens with two attached hydrogens (primary N) is 1. The van der Waals surface area contributed by atoms with Gasteiger partial charge in [0.25, 0.3) is 0 Å². The van der Waals surface area contributed by atoms with Crippen molar-refractivity contribution in [1.82, 2.24) is 20.0 Å². The molecule has 3 rings (SSSR count). The molecule has 12 heteroatoms. The van der Waals surface area contributed by atoms with Crippen LogP contribution in [0.4, 0.5) is 8.78 Å². The Kier molecular flexibility index (Phi) is 6.89. The van der Waals surface area contributed by atoms with Crippen molar-refractivity contribution >= 4 is 27.2 Å². The standard InChI is InChI=1S/C20H22ClF2N7OS/c1-20(2,19(24)27-12-22)32(31,25-3)11-14-8-13(4-6-16(14)23)17-10-30(29-28-17)18-7-5-15(21)9-26-18/h4-10H,11-12H2,1-3H3,(H2,24,27). The summed E-state index contributed by atoms with van der Waals surface area (Å²) in [6, 6.07) is 7.68. The summed E-state index contributed by atoms with van der Waals surface area (Å²) >= 11 is 5.86. The fourth-order valence-electron chi connectivity index (χ4n) is 2.96. The summed E-state index contributed by atoms with van der Waals surface area (Å²) in [6.07, 6.45) is 3.11. The number of aliphatic imine (C=N–C) groups is 1. The van der Waals surface area contributed by atoms with E-state index < -0.39 is 27.1 Å². The smallest absolute Gasteiger partial charge is 0.181 e. The number of hydrogen-bond donors (Lipinski definition) is 1. The molecule has 0 fully saturated rings. The molecule has 0 aliphatic carbocycles. The summed E-state index contributed by atoms with van der Waals surface area (Å²) < 4.78 is 45.1. The number of amidine groups is 1. The Balaban J connectivity index is 1.97. The Morgan fingerprint density at radius 1 is 1.31 bits per heavy atom. The van der Waals surface area contributed by atoms with Gasteiger partial charge in [-0.05, 0) is 44.2 Å². The first kappa shape index (κ1) is 23.7. The highest BCUT2D eigenvalue weighted by atomic mass is 35.5. The molecule has 0 bridgehead atoms. The van der Waals surface area contributed by atoms with Crippen LogP contribution in [-0.2, 0) is 15.5 Å². The van der Waals surface area contributed by atoms with E-state index in [1.807, 2.05) is 0 Å². The van der Waals surface area contributed by atoms with E-state index in [1.165, 1.54) is 36.1 Å². The predicted molar refractivity (Wildman–Crippen MR) is 121 cm³/mol. The number of aromatic nitrogens is 4. The highest BCUT2D eigenvalue weighted by molar-refractivity contribution is 7.95. The van der Waals surface area contributed by atoms with Crippen LogP contribution in [0.5, 0.6) is 0 Å². The molecule has 0 radical (unpaired) electrons. The van der Waals surface area contributed by atoms with Crippen molar-refractivity contribution in [3.63, 3.8) is 0 Å². The van der Waals surface area contributed by atoms with Gasteiger partial charge < -0.3 is 5.73 Å². The second kappa shape index (κ2) is 9.29. The molecule has 3 aromatic rings. The minimum absolute atomic E-state index is 0.148. The van der Waals surface area contributed by atoms with Gasteiger partial charge in [0.05, 0.1) is 26.7 Å². The number of alkyl halides is 1. The summed E-state index contributed by atoms with van der Waals surface area (Å²) in [4.78, 5) is 7.71. The first-order valence-electron chi connectivity index (χ1n) is 9.43. The Hall–Kier alpha value is -2.92. The lowest BCUT2D eigenvalue weighted by Crippen LogP contribution is -2.46. The molecule has 2 N–H and O–H groups in total. The average molecular weight is 482 g/mol. The van der Waals surface area contributed by atoms with Crippen LogP contribution in [-0.4, -0.2) is 48.6 Å². The minimum Gasteiger partial charge on any atom is -0.386 e. The molecule has 0 spiro atoms. The first-order valence-corrected chi connectivity index (χ1v) is 11.5. The highest BCUT2D eigenvalue weighted by Crippen LogP contribution is 2.28. The van der Waals surface area contributed by atoms with Gasteiger partial charge in [0.15, 0.2) is 12.6 Å². The first-order chi connectivity index (χ1) is 15.1. The highest BCUT2D eigenvalue weighted by Gasteiger charge is 2.36. The maximum Gasteiger partial charge on any atom is 0.181 e. The molecule has 0 aliphatic heterocycles. The number of halogens is 3. The summed E-state index contributed by atoms with van der Waals surface area (Å²) in [6.45, 7) is 2.04. The van der Waals surface area contributed by atoms with Crippen LogP contribution in [0.2, 0.25) is 5.02 Å². The van der Waals surface area contributed by atoms with Crippen LogP contribution in [0.1, 0.15) is 19.4 Å². The molecule has 2 heterocycles. The van der Waals surface area contributed by atoms with E-state index in [4.69, 9.17) is 17.3 Å². The number of hydrogen-bond acceptors (Lipinski definition) is 6. The van der Waals surface area contributed by atoms with Crippen LogP contribution in [0.25, 0.3) is 17.1 Å². The second-order valence-electron chi connectivity index (χ2n) is 7.33. The third-order valence-corrected chi connectivity index (χ3v) is 8.39. The van der Waals surface area contributed by atoms with Gasteiger partial charge in [-0.2, -0.15) is 0 Å². The van der Waals surface area contributed by atoms with Crippen molar-refractivity contribution in [2.75, 3.05) is 13.8 Å². The molecule has 170 valence electrons. The van der Waals surface area contributed by atoms with Gasteiger partial charge in [-0.1, -0.05) is 16.8 Å². The van der Waals surface area contributed by atoms with Crippen LogP contribution < -0.4 is 5.73 Å². The van der Waals surface area contributed by atoms with E-state index in [2.05, 4.69) is 24.7 Å². The summed E-state index contributed by atoms with van der Waals surface area (Å²) in [5, 5.41) is 8.65. The predicted octanol–water partition coefficient (Wildman–Crippen LogP) is 3.78. The minimum atomic E-state index is -3.14. The fraction of sp³-hybridized carbons (Fsp3) is 0.300. The third-order valence-electron chi connectivity index (χ3n) is 5.07. The molecular weight excluding hydrogens is 460 g/mol. The van der Waals surface area contributed by atoms with Gasteiger partial charge in [-0.15, -0.1) is 5.10 Å². The topological polar surface area (TPSA) is 111 Å². The lowest BCUT2D eigenvalue weighted by molar-refractivity contribution is 0.510. The van der Waals surface area contributed by atoms with Gasteiger partial charge in [0.1, 0.15) is 22.1 Å². The maximum atomic E-state index is 14.6. The molecule has 2 aromatic heterocycles. The van der Waals surface area contributed by atoms with Gasteiger partial charge >= 0.3 is 0 Å². The van der Waals surface area contributed by atoms with E-state index in [9.17, 15) is 13.0 Å². The van der Waals surface area contributed by atoms with E-state index in [0.29, 0.717) is 22.1 Å². The van der Waals surface area contributed by atoms with Gasteiger partial charge in [0.2, 0.25) is 0 Å². The van der Waals surface area contributed by atoms with E-state index in [1.54, 1.807) is 32.2 Å². The largest absolute Gasteiger partial charge is 0.386 e. The normalized spacial score (nSPS) is 14.2. The second-order valence-corrected chi connectivity index (χ2v) is 10.7. The fourth-order valence-corrected chi connectivity index (χ4v) is 5.05. The zero-order valence-corrected chi connectivity index (χ0v) is 19.2. The Morgan fingerprint density at radius 2 is 2.06 bits per heavy atom. The van der Waals surface area contributed by atoms with Crippen molar-refractivity contribution in [3.8, 4) is 17.1 Å². The molecule has 0 amide bonds. The van der Waals surface area contributed by atoms with Crippen molar-refractivity contribution < 1.29 is 13.0 Å². The number of benzene rings is 1. The lowest BCUT2D eigenvalue weighted by atomic mass is 10.1. The molecule has 1 atom stereocenters. The molecule has 8 nitrogen and oxygen atoms in total. The van der Waals surface area contributed by atoms with Crippen LogP contribution >= 0.6 is 11.6 Å². The van der Waals surface area contributed by atoms with Crippen molar-refractivity contribution in [3.05, 3.63) is 59.1 Å². The molecule has 0 saturated heterocycles. The van der Waals surface area contributed by atoms with Crippen molar-refractivity contribution in [2.24, 2.45) is 15.1 Å². The number of rotatable bonds is 7.